The molecule has 0 aliphatic rings. The molecule has 2 N–H and O–H groups in total. The molecule has 7 nitrogen and oxygen atoms in total. The zero-order valence-electron chi connectivity index (χ0n) is 12.1. The average Bonchev–Trinajstić information content (AvgIpc) is 3.02. The van der Waals surface area contributed by atoms with Crippen molar-refractivity contribution in [2.24, 2.45) is 0 Å². The molecular formula is C16H14N4O3. The van der Waals surface area contributed by atoms with Gasteiger partial charge in [0.05, 0.1) is 5.56 Å². The van der Waals surface area contributed by atoms with Crippen molar-refractivity contribution in [3.8, 4) is 11.5 Å². The van der Waals surface area contributed by atoms with Crippen LogP contribution in [0, 0.1) is 0 Å². The molecule has 116 valence electrons. The Labute approximate surface area is 132 Å². The van der Waals surface area contributed by atoms with Crippen molar-refractivity contribution >= 4 is 11.8 Å². The van der Waals surface area contributed by atoms with Crippen LogP contribution in [-0.4, -0.2) is 26.3 Å². The molecule has 0 saturated carbocycles. The second-order valence-electron chi connectivity index (χ2n) is 4.84. The first-order valence-electron chi connectivity index (χ1n) is 6.99. The molecule has 0 atom stereocenters. The number of carbonyl (C=O) groups is 1. The Morgan fingerprint density at radius 3 is 2.65 bits per heavy atom. The molecule has 23 heavy (non-hydrogen) atoms. The summed E-state index contributed by atoms with van der Waals surface area (Å²) < 4.78 is 5.29. The van der Waals surface area contributed by atoms with Crippen LogP contribution in [0.1, 0.15) is 11.5 Å². The molecule has 0 fully saturated rings. The van der Waals surface area contributed by atoms with Crippen molar-refractivity contribution in [1.29, 1.82) is 0 Å². The molecule has 0 bridgehead atoms. The van der Waals surface area contributed by atoms with Gasteiger partial charge in [-0.25, -0.2) is 4.98 Å². The third-order valence-corrected chi connectivity index (χ3v) is 3.10. The van der Waals surface area contributed by atoms with Gasteiger partial charge in [-0.05, 0) is 17.7 Å². The van der Waals surface area contributed by atoms with Crippen LogP contribution in [0.5, 0.6) is 0 Å². The van der Waals surface area contributed by atoms with Gasteiger partial charge in [-0.3, -0.25) is 4.79 Å². The van der Waals surface area contributed by atoms with Crippen LogP contribution in [-0.2, 0) is 17.8 Å². The average molecular weight is 310 g/mol. The van der Waals surface area contributed by atoms with Gasteiger partial charge in [0.1, 0.15) is 12.2 Å². The number of nitrogens with one attached hydrogen (secondary N) is 1. The largest absolute Gasteiger partial charge is 0.481 e. The molecule has 1 aromatic carbocycles. The van der Waals surface area contributed by atoms with E-state index in [0.717, 1.165) is 11.4 Å². The molecule has 0 unspecified atom stereocenters. The van der Waals surface area contributed by atoms with E-state index in [1.807, 2.05) is 30.3 Å². The lowest BCUT2D eigenvalue weighted by molar-refractivity contribution is -0.136. The van der Waals surface area contributed by atoms with Crippen LogP contribution in [0.4, 0.5) is 5.82 Å². The number of hydrogen-bond donors (Lipinski definition) is 2. The quantitative estimate of drug-likeness (QED) is 0.720. The molecule has 7 heteroatoms. The predicted octanol–water partition coefficient (Wildman–Crippen LogP) is 2.37. The highest BCUT2D eigenvalue weighted by molar-refractivity contribution is 5.68. The highest BCUT2D eigenvalue weighted by Crippen LogP contribution is 2.18. The highest BCUT2D eigenvalue weighted by Gasteiger charge is 2.11. The Balaban J connectivity index is 1.64. The summed E-state index contributed by atoms with van der Waals surface area (Å²) in [5.41, 5.74) is 1.80. The van der Waals surface area contributed by atoms with Crippen LogP contribution in [0.3, 0.4) is 0 Å². The summed E-state index contributed by atoms with van der Waals surface area (Å²) in [5.74, 6) is 0.0313. The maximum atomic E-state index is 10.6. The Hall–Kier alpha value is -3.22. The molecule has 3 rings (SSSR count). The molecule has 0 radical (unpaired) electrons. The van der Waals surface area contributed by atoms with Gasteiger partial charge >= 0.3 is 5.97 Å². The number of aliphatic carboxylic acids is 1. The number of hydrogen-bond acceptors (Lipinski definition) is 6. The fourth-order valence-corrected chi connectivity index (χ4v) is 1.98. The van der Waals surface area contributed by atoms with Gasteiger partial charge in [0.25, 0.3) is 0 Å². The van der Waals surface area contributed by atoms with Gasteiger partial charge in [0, 0.05) is 12.7 Å². The minimum absolute atomic E-state index is 0.0683. The first kappa shape index (κ1) is 14.7. The Morgan fingerprint density at radius 1 is 1.13 bits per heavy atom. The molecule has 0 spiro atoms. The monoisotopic (exact) mass is 310 g/mol. The SMILES string of the molecule is O=C(O)Cc1nnc(-c2ccc(NCc3ccccc3)nc2)o1. The molecule has 0 aliphatic heterocycles. The second kappa shape index (κ2) is 6.69. The molecule has 2 heterocycles. The van der Waals surface area contributed by atoms with Crippen LogP contribution in [0.25, 0.3) is 11.5 Å². The molecule has 2 aromatic heterocycles. The number of benzene rings is 1. The van der Waals surface area contributed by atoms with E-state index in [-0.39, 0.29) is 18.2 Å². The minimum Gasteiger partial charge on any atom is -0.481 e. The van der Waals surface area contributed by atoms with Crippen LogP contribution < -0.4 is 5.32 Å². The van der Waals surface area contributed by atoms with E-state index in [9.17, 15) is 4.79 Å². The maximum Gasteiger partial charge on any atom is 0.312 e. The lowest BCUT2D eigenvalue weighted by atomic mass is 10.2. The number of carboxylic acids is 1. The molecular weight excluding hydrogens is 296 g/mol. The van der Waals surface area contributed by atoms with Crippen LogP contribution >= 0.6 is 0 Å². The van der Waals surface area contributed by atoms with Crippen molar-refractivity contribution in [1.82, 2.24) is 15.2 Å². The lowest BCUT2D eigenvalue weighted by Gasteiger charge is -2.05. The van der Waals surface area contributed by atoms with E-state index < -0.39 is 5.97 Å². The zero-order chi connectivity index (χ0) is 16.1. The van der Waals surface area contributed by atoms with E-state index >= 15 is 0 Å². The maximum absolute atomic E-state index is 10.6. The number of pyridine rings is 1. The van der Waals surface area contributed by atoms with Crippen LogP contribution in [0.2, 0.25) is 0 Å². The van der Waals surface area contributed by atoms with E-state index in [0.29, 0.717) is 12.1 Å². The smallest absolute Gasteiger partial charge is 0.312 e. The van der Waals surface area contributed by atoms with Crippen molar-refractivity contribution in [2.75, 3.05) is 5.32 Å². The lowest BCUT2D eigenvalue weighted by Crippen LogP contribution is -2.00. The molecule has 0 aliphatic carbocycles. The van der Waals surface area contributed by atoms with Gasteiger partial charge < -0.3 is 14.8 Å². The normalized spacial score (nSPS) is 10.4. The Morgan fingerprint density at radius 2 is 1.96 bits per heavy atom. The van der Waals surface area contributed by atoms with Gasteiger partial charge in [-0.2, -0.15) is 0 Å². The van der Waals surface area contributed by atoms with Crippen molar-refractivity contribution in [3.05, 3.63) is 60.1 Å². The Bertz CT molecular complexity index is 785. The number of anilines is 1. The van der Waals surface area contributed by atoms with Crippen molar-refractivity contribution in [2.45, 2.75) is 13.0 Å². The third-order valence-electron chi connectivity index (χ3n) is 3.10. The van der Waals surface area contributed by atoms with E-state index in [4.69, 9.17) is 9.52 Å². The summed E-state index contributed by atoms with van der Waals surface area (Å²) in [7, 11) is 0. The van der Waals surface area contributed by atoms with E-state index in [1.165, 1.54) is 0 Å². The summed E-state index contributed by atoms with van der Waals surface area (Å²) in [6, 6.07) is 13.6. The third kappa shape index (κ3) is 3.91. The summed E-state index contributed by atoms with van der Waals surface area (Å²) in [5, 5.41) is 19.4. The van der Waals surface area contributed by atoms with Crippen molar-refractivity contribution in [3.63, 3.8) is 0 Å². The molecule has 0 amide bonds. The summed E-state index contributed by atoms with van der Waals surface area (Å²) in [6.45, 7) is 0.677. The van der Waals surface area contributed by atoms with Gasteiger partial charge in [-0.15, -0.1) is 10.2 Å². The van der Waals surface area contributed by atoms with Gasteiger partial charge in [-0.1, -0.05) is 30.3 Å². The zero-order valence-corrected chi connectivity index (χ0v) is 12.1. The second-order valence-corrected chi connectivity index (χ2v) is 4.84. The fourth-order valence-electron chi connectivity index (χ4n) is 1.98. The number of rotatable bonds is 6. The first-order chi connectivity index (χ1) is 11.2. The number of nitrogens with zero attached hydrogens (tertiary/aromatic N) is 3. The first-order valence-corrected chi connectivity index (χ1v) is 6.99. The van der Waals surface area contributed by atoms with Crippen molar-refractivity contribution < 1.29 is 14.3 Å². The summed E-state index contributed by atoms with van der Waals surface area (Å²) in [6.07, 6.45) is 1.31. The summed E-state index contributed by atoms with van der Waals surface area (Å²) >= 11 is 0. The predicted molar refractivity (Wildman–Crippen MR) is 82.6 cm³/mol. The molecule has 3 aromatic rings. The topological polar surface area (TPSA) is 101 Å². The minimum atomic E-state index is -1.02. The Kier molecular flexibility index (Phi) is 4.28. The van der Waals surface area contributed by atoms with E-state index in [2.05, 4.69) is 20.5 Å². The molecule has 0 saturated heterocycles. The van der Waals surface area contributed by atoms with E-state index in [1.54, 1.807) is 18.3 Å². The highest BCUT2D eigenvalue weighted by atomic mass is 16.4. The van der Waals surface area contributed by atoms with Gasteiger partial charge in [0.2, 0.25) is 11.8 Å². The summed E-state index contributed by atoms with van der Waals surface area (Å²) in [4.78, 5) is 14.9. The van der Waals surface area contributed by atoms with Crippen LogP contribution in [0.15, 0.2) is 53.1 Å². The number of aromatic nitrogens is 3. The van der Waals surface area contributed by atoms with Gasteiger partial charge in [0.15, 0.2) is 0 Å². The standard InChI is InChI=1S/C16H14N4O3/c21-15(22)8-14-19-20-16(23-14)12-6-7-13(18-10-12)17-9-11-4-2-1-3-5-11/h1-7,10H,8-9H2,(H,17,18)(H,21,22). The fraction of sp³-hybridized carbons (Fsp3) is 0.125. The number of carboxylic acid groups (broad SMARTS) is 1.